The zero-order valence-electron chi connectivity index (χ0n) is 7.83. The van der Waals surface area contributed by atoms with E-state index >= 15 is 0 Å². The topological polar surface area (TPSA) is 77.8 Å². The molecule has 76 valence electrons. The second-order valence-electron chi connectivity index (χ2n) is 2.26. The second-order valence-corrected chi connectivity index (χ2v) is 2.26. The van der Waals surface area contributed by atoms with Gasteiger partial charge in [0.05, 0.1) is 19.6 Å². The van der Waals surface area contributed by atoms with E-state index < -0.39 is 0 Å². The number of rotatable bonds is 6. The normalized spacial score (nSPS) is 9.46. The lowest BCUT2D eigenvalue weighted by atomic mass is 10.5. The van der Waals surface area contributed by atoms with E-state index in [1.54, 1.807) is 6.92 Å². The molecule has 13 heavy (non-hydrogen) atoms. The highest BCUT2D eigenvalue weighted by atomic mass is 17.3. The molecule has 0 aliphatic rings. The minimum atomic E-state index is -0.0656. The van der Waals surface area contributed by atoms with Crippen LogP contribution in [0.1, 0.15) is 6.92 Å². The Bertz CT molecular complexity index is 184. The molecule has 0 saturated heterocycles. The Morgan fingerprint density at radius 1 is 1.69 bits per heavy atom. The van der Waals surface area contributed by atoms with Crippen molar-refractivity contribution >= 4 is 5.84 Å². The summed E-state index contributed by atoms with van der Waals surface area (Å²) in [5.74, 6) is 0.592. The lowest BCUT2D eigenvalue weighted by Crippen LogP contribution is -2.36. The molecule has 6 nitrogen and oxygen atoms in total. The molecule has 0 fully saturated rings. The number of hydrogen-bond donors (Lipinski definition) is 3. The number of nitrogens with zero attached hydrogens (tertiary/aromatic N) is 1. The van der Waals surface area contributed by atoms with Crippen molar-refractivity contribution < 1.29 is 15.0 Å². The zero-order valence-corrected chi connectivity index (χ0v) is 7.83. The van der Waals surface area contributed by atoms with Crippen LogP contribution in [-0.2, 0) is 9.88 Å². The van der Waals surface area contributed by atoms with Gasteiger partial charge in [-0.2, -0.15) is 0 Å². The summed E-state index contributed by atoms with van der Waals surface area (Å²) in [6.07, 6.45) is 0. The highest BCUT2D eigenvalue weighted by Crippen LogP contribution is 1.98. The molecule has 6 heteroatoms. The van der Waals surface area contributed by atoms with Crippen LogP contribution in [0, 0.1) is 5.41 Å². The molecule has 0 aromatic carbocycles. The Morgan fingerprint density at radius 2 is 2.31 bits per heavy atom. The summed E-state index contributed by atoms with van der Waals surface area (Å²) in [7, 11) is 1.34. The summed E-state index contributed by atoms with van der Waals surface area (Å²) in [6.45, 7) is 5.39. The van der Waals surface area contributed by atoms with Crippen molar-refractivity contribution in [3.63, 3.8) is 0 Å². The minimum absolute atomic E-state index is 0.0656. The second kappa shape index (κ2) is 6.41. The predicted octanol–water partition coefficient (Wildman–Crippen LogP) is -0.168. The molecule has 0 aliphatic carbocycles. The molecular formula is C7H15N3O3. The van der Waals surface area contributed by atoms with Crippen LogP contribution in [0.4, 0.5) is 0 Å². The fraction of sp³-hybridized carbons (Fsp3) is 0.571. The maximum atomic E-state index is 8.68. The van der Waals surface area contributed by atoms with E-state index in [0.29, 0.717) is 5.82 Å². The van der Waals surface area contributed by atoms with Gasteiger partial charge in [0.15, 0.2) is 0 Å². The average Bonchev–Trinajstić information content (AvgIpc) is 2.09. The van der Waals surface area contributed by atoms with Crippen LogP contribution in [-0.4, -0.2) is 36.1 Å². The van der Waals surface area contributed by atoms with Gasteiger partial charge in [-0.1, -0.05) is 6.58 Å². The van der Waals surface area contributed by atoms with Gasteiger partial charge >= 0.3 is 0 Å². The smallest absolute Gasteiger partial charge is 0.127 e. The standard InChI is InChI=1S/C7H15N3O3/c1-6(8)10(4-5-11)7(2)9-13-12-3/h8-9,11H,2,4-5H2,1,3H3. The summed E-state index contributed by atoms with van der Waals surface area (Å²) in [6, 6.07) is 0. The number of hydrogen-bond acceptors (Lipinski definition) is 5. The lowest BCUT2D eigenvalue weighted by Gasteiger charge is -2.23. The fourth-order valence-electron chi connectivity index (χ4n) is 0.750. The molecule has 0 bridgehead atoms. The Morgan fingerprint density at radius 3 is 2.69 bits per heavy atom. The summed E-state index contributed by atoms with van der Waals surface area (Å²) in [5, 5.41) is 16.0. The van der Waals surface area contributed by atoms with Crippen LogP contribution in [0.5, 0.6) is 0 Å². The quantitative estimate of drug-likeness (QED) is 0.234. The summed E-state index contributed by atoms with van der Waals surface area (Å²) in [4.78, 5) is 10.1. The molecule has 0 radical (unpaired) electrons. The Kier molecular flexibility index (Phi) is 5.86. The summed E-state index contributed by atoms with van der Waals surface area (Å²) < 4.78 is 0. The van der Waals surface area contributed by atoms with E-state index in [0.717, 1.165) is 0 Å². The van der Waals surface area contributed by atoms with Crippen LogP contribution in [0.2, 0.25) is 0 Å². The SMILES string of the molecule is C=C(NOOC)N(CCO)C(C)=N. The third-order valence-corrected chi connectivity index (χ3v) is 1.30. The van der Waals surface area contributed by atoms with Gasteiger partial charge < -0.3 is 10.0 Å². The van der Waals surface area contributed by atoms with E-state index in [1.807, 2.05) is 0 Å². The van der Waals surface area contributed by atoms with Crippen LogP contribution in [0.3, 0.4) is 0 Å². The summed E-state index contributed by atoms with van der Waals surface area (Å²) in [5.41, 5.74) is 2.36. The van der Waals surface area contributed by atoms with Crippen LogP contribution in [0.15, 0.2) is 12.4 Å². The molecule has 3 N–H and O–H groups in total. The van der Waals surface area contributed by atoms with Crippen molar-refractivity contribution in [3.05, 3.63) is 12.4 Å². The minimum Gasteiger partial charge on any atom is -0.395 e. The lowest BCUT2D eigenvalue weighted by molar-refractivity contribution is -0.312. The molecule has 0 rings (SSSR count). The number of amidine groups is 1. The average molecular weight is 189 g/mol. The monoisotopic (exact) mass is 189 g/mol. The molecule has 0 unspecified atom stereocenters. The van der Waals surface area contributed by atoms with Gasteiger partial charge in [-0.15, -0.1) is 4.99 Å². The van der Waals surface area contributed by atoms with Crippen molar-refractivity contribution in [3.8, 4) is 0 Å². The van der Waals surface area contributed by atoms with E-state index in [1.165, 1.54) is 12.0 Å². The first-order chi connectivity index (χ1) is 6.13. The van der Waals surface area contributed by atoms with E-state index in [2.05, 4.69) is 21.9 Å². The van der Waals surface area contributed by atoms with E-state index in [9.17, 15) is 0 Å². The molecule has 0 saturated carbocycles. The first-order valence-electron chi connectivity index (χ1n) is 3.71. The number of aliphatic hydroxyl groups is 1. The Labute approximate surface area is 77.1 Å². The van der Waals surface area contributed by atoms with Crippen LogP contribution >= 0.6 is 0 Å². The fourth-order valence-corrected chi connectivity index (χ4v) is 0.750. The first-order valence-corrected chi connectivity index (χ1v) is 3.71. The molecule has 0 spiro atoms. The van der Waals surface area contributed by atoms with Crippen LogP contribution in [0.25, 0.3) is 0 Å². The maximum absolute atomic E-state index is 8.68. The van der Waals surface area contributed by atoms with Crippen molar-refractivity contribution in [2.45, 2.75) is 6.92 Å². The predicted molar refractivity (Wildman–Crippen MR) is 47.6 cm³/mol. The number of hydroxylamine groups is 1. The van der Waals surface area contributed by atoms with Gasteiger partial charge in [0.2, 0.25) is 0 Å². The Hall–Kier alpha value is -1.11. The van der Waals surface area contributed by atoms with Crippen molar-refractivity contribution in [1.82, 2.24) is 10.4 Å². The highest BCUT2D eigenvalue weighted by molar-refractivity contribution is 5.77. The van der Waals surface area contributed by atoms with Gasteiger partial charge in [0, 0.05) is 6.54 Å². The third-order valence-electron chi connectivity index (χ3n) is 1.30. The van der Waals surface area contributed by atoms with Gasteiger partial charge in [0.1, 0.15) is 5.82 Å². The number of aliphatic hydroxyl groups excluding tert-OH is 1. The molecule has 0 aliphatic heterocycles. The van der Waals surface area contributed by atoms with Gasteiger partial charge in [-0.05, 0) is 6.92 Å². The molecular weight excluding hydrogens is 174 g/mol. The first kappa shape index (κ1) is 11.9. The zero-order chi connectivity index (χ0) is 10.3. The number of nitrogens with one attached hydrogen (secondary N) is 2. The molecule has 0 heterocycles. The van der Waals surface area contributed by atoms with Crippen LogP contribution < -0.4 is 5.48 Å². The largest absolute Gasteiger partial charge is 0.395 e. The van der Waals surface area contributed by atoms with Crippen molar-refractivity contribution in [2.75, 3.05) is 20.3 Å². The van der Waals surface area contributed by atoms with Gasteiger partial charge in [-0.25, -0.2) is 10.4 Å². The van der Waals surface area contributed by atoms with Gasteiger partial charge in [-0.3, -0.25) is 5.41 Å². The molecule has 0 amide bonds. The molecule has 0 aromatic heterocycles. The van der Waals surface area contributed by atoms with Crippen molar-refractivity contribution in [1.29, 1.82) is 5.41 Å². The maximum Gasteiger partial charge on any atom is 0.127 e. The van der Waals surface area contributed by atoms with Crippen molar-refractivity contribution in [2.24, 2.45) is 0 Å². The molecule has 0 aromatic rings. The van der Waals surface area contributed by atoms with E-state index in [-0.39, 0.29) is 19.0 Å². The summed E-state index contributed by atoms with van der Waals surface area (Å²) >= 11 is 0. The highest BCUT2D eigenvalue weighted by Gasteiger charge is 2.08. The third kappa shape index (κ3) is 4.46. The Balaban J connectivity index is 4.03. The molecule has 0 atom stereocenters. The van der Waals surface area contributed by atoms with E-state index in [4.69, 9.17) is 10.5 Å². The van der Waals surface area contributed by atoms with Gasteiger partial charge in [0.25, 0.3) is 0 Å².